The van der Waals surface area contributed by atoms with Crippen LogP contribution >= 0.6 is 24.0 Å². The van der Waals surface area contributed by atoms with Crippen LogP contribution in [0.3, 0.4) is 0 Å². The van der Waals surface area contributed by atoms with E-state index in [2.05, 4.69) is 15.6 Å². The fraction of sp³-hybridized carbons (Fsp3) is 0.263. The molecule has 0 radical (unpaired) electrons. The van der Waals surface area contributed by atoms with Gasteiger partial charge >= 0.3 is 0 Å². The lowest BCUT2D eigenvalue weighted by Crippen LogP contribution is -2.39. The number of carbonyl (C=O) groups is 1. The Labute approximate surface area is 174 Å². The lowest BCUT2D eigenvalue weighted by Gasteiger charge is -2.22. The van der Waals surface area contributed by atoms with Crippen LogP contribution in [0.1, 0.15) is 12.5 Å². The molecule has 2 aromatic rings. The van der Waals surface area contributed by atoms with E-state index in [9.17, 15) is 13.6 Å². The molecule has 0 spiro atoms. The maximum absolute atomic E-state index is 13.2. The number of hydrogen-bond acceptors (Lipinski definition) is 2. The summed E-state index contributed by atoms with van der Waals surface area (Å²) in [6.07, 6.45) is 0. The Morgan fingerprint density at radius 3 is 2.44 bits per heavy atom. The van der Waals surface area contributed by atoms with Gasteiger partial charge in [0.1, 0.15) is 18.2 Å². The van der Waals surface area contributed by atoms with Gasteiger partial charge < -0.3 is 15.5 Å². The summed E-state index contributed by atoms with van der Waals surface area (Å²) in [5, 5.41) is 5.71. The summed E-state index contributed by atoms with van der Waals surface area (Å²) in [5.41, 5.74) is 1.30. The maximum atomic E-state index is 13.2. The van der Waals surface area contributed by atoms with E-state index in [0.29, 0.717) is 24.7 Å². The Hall–Kier alpha value is -2.23. The van der Waals surface area contributed by atoms with Crippen LogP contribution < -0.4 is 10.6 Å². The first-order valence-electron chi connectivity index (χ1n) is 8.27. The number of nitrogens with one attached hydrogen (secondary N) is 2. The summed E-state index contributed by atoms with van der Waals surface area (Å²) in [4.78, 5) is 18.2. The highest BCUT2D eigenvalue weighted by molar-refractivity contribution is 14.0. The molecule has 0 bridgehead atoms. The number of nitrogens with zero attached hydrogens (tertiary/aromatic N) is 2. The van der Waals surface area contributed by atoms with Crippen LogP contribution in [0.15, 0.2) is 53.5 Å². The van der Waals surface area contributed by atoms with E-state index >= 15 is 0 Å². The maximum Gasteiger partial charge on any atom is 0.246 e. The van der Waals surface area contributed by atoms with Crippen molar-refractivity contribution in [3.05, 3.63) is 65.7 Å². The van der Waals surface area contributed by atoms with Crippen LogP contribution in [0.25, 0.3) is 0 Å². The summed E-state index contributed by atoms with van der Waals surface area (Å²) < 4.78 is 26.2. The highest BCUT2D eigenvalue weighted by Gasteiger charge is 2.09. The monoisotopic (exact) mass is 488 g/mol. The van der Waals surface area contributed by atoms with Crippen molar-refractivity contribution in [1.29, 1.82) is 0 Å². The third-order valence-corrected chi connectivity index (χ3v) is 3.51. The zero-order valence-corrected chi connectivity index (χ0v) is 17.5. The van der Waals surface area contributed by atoms with E-state index in [4.69, 9.17) is 0 Å². The number of carbonyl (C=O) groups excluding carboxylic acids is 1. The molecule has 0 saturated heterocycles. The first-order valence-corrected chi connectivity index (χ1v) is 8.27. The van der Waals surface area contributed by atoms with Crippen LogP contribution in [0.2, 0.25) is 0 Å². The molecule has 0 aliphatic heterocycles. The molecule has 27 heavy (non-hydrogen) atoms. The van der Waals surface area contributed by atoms with Gasteiger partial charge in [0, 0.05) is 25.8 Å². The van der Waals surface area contributed by atoms with E-state index in [1.54, 1.807) is 18.2 Å². The number of halogens is 3. The van der Waals surface area contributed by atoms with Crippen LogP contribution in [0, 0.1) is 11.6 Å². The van der Waals surface area contributed by atoms with Crippen molar-refractivity contribution >= 4 is 41.5 Å². The predicted molar refractivity (Wildman–Crippen MR) is 114 cm³/mol. The minimum Gasteiger partial charge on any atom is -0.357 e. The second-order valence-electron chi connectivity index (χ2n) is 5.71. The quantitative estimate of drug-likeness (QED) is 0.371. The summed E-state index contributed by atoms with van der Waals surface area (Å²) in [7, 11) is 1.83. The molecular weight excluding hydrogens is 465 g/mol. The number of guanidine groups is 1. The van der Waals surface area contributed by atoms with Gasteiger partial charge in [0.05, 0.1) is 0 Å². The summed E-state index contributed by atoms with van der Waals surface area (Å²) in [6.45, 7) is 2.97. The molecule has 2 rings (SSSR count). The molecule has 5 nitrogen and oxygen atoms in total. The van der Waals surface area contributed by atoms with Crippen molar-refractivity contribution in [2.45, 2.75) is 13.5 Å². The van der Waals surface area contributed by atoms with Crippen molar-refractivity contribution in [3.63, 3.8) is 0 Å². The molecule has 0 saturated carbocycles. The van der Waals surface area contributed by atoms with Crippen LogP contribution in [0.5, 0.6) is 0 Å². The Morgan fingerprint density at radius 1 is 1.11 bits per heavy atom. The van der Waals surface area contributed by atoms with Crippen LogP contribution in [-0.2, 0) is 11.3 Å². The highest BCUT2D eigenvalue weighted by Crippen LogP contribution is 2.09. The molecule has 146 valence electrons. The molecule has 0 heterocycles. The molecule has 0 aliphatic carbocycles. The summed E-state index contributed by atoms with van der Waals surface area (Å²) >= 11 is 0. The Kier molecular flexibility index (Phi) is 9.70. The number of benzene rings is 2. The van der Waals surface area contributed by atoms with Gasteiger partial charge in [-0.05, 0) is 42.8 Å². The van der Waals surface area contributed by atoms with E-state index in [-0.39, 0.29) is 42.2 Å². The number of amides is 1. The smallest absolute Gasteiger partial charge is 0.246 e. The molecule has 0 aliphatic rings. The van der Waals surface area contributed by atoms with Gasteiger partial charge in [-0.15, -0.1) is 24.0 Å². The third-order valence-electron chi connectivity index (χ3n) is 3.51. The molecule has 2 aromatic carbocycles. The molecule has 2 N–H and O–H groups in total. The second-order valence-corrected chi connectivity index (χ2v) is 5.71. The first kappa shape index (κ1) is 22.8. The van der Waals surface area contributed by atoms with Crippen molar-refractivity contribution in [2.75, 3.05) is 25.5 Å². The average Bonchev–Trinajstić information content (AvgIpc) is 2.60. The number of aliphatic imine (C=N–C) groups is 1. The number of anilines is 1. The summed E-state index contributed by atoms with van der Waals surface area (Å²) in [5.74, 6) is -0.503. The molecule has 8 heteroatoms. The largest absolute Gasteiger partial charge is 0.357 e. The minimum atomic E-state index is -0.418. The molecule has 0 fully saturated rings. The Bertz CT molecular complexity index is 769. The van der Waals surface area contributed by atoms with Crippen LogP contribution in [0.4, 0.5) is 14.5 Å². The molecule has 0 unspecified atom stereocenters. The molecule has 0 aromatic heterocycles. The fourth-order valence-corrected chi connectivity index (χ4v) is 2.32. The number of rotatable bonds is 6. The average molecular weight is 488 g/mol. The van der Waals surface area contributed by atoms with E-state index in [0.717, 1.165) is 5.56 Å². The van der Waals surface area contributed by atoms with Crippen molar-refractivity contribution in [1.82, 2.24) is 10.2 Å². The molecule has 1 amide bonds. The Balaban J connectivity index is 0.00000364. The first-order chi connectivity index (χ1) is 12.5. The standard InChI is InChI=1S/C19H22F2N4O.HI/c1-3-22-19(25(2)13-14-7-9-15(20)10-8-14)23-12-18(26)24-17-6-4-5-16(21)11-17;/h4-11H,3,12-13H2,1-2H3,(H,22,23)(H,24,26);1H. The number of hydrogen-bond donors (Lipinski definition) is 2. The van der Waals surface area contributed by atoms with Crippen molar-refractivity contribution in [3.8, 4) is 0 Å². The van der Waals surface area contributed by atoms with Gasteiger partial charge in [-0.1, -0.05) is 18.2 Å². The minimum absolute atomic E-state index is 0. The van der Waals surface area contributed by atoms with Gasteiger partial charge in [0.15, 0.2) is 5.96 Å². The highest BCUT2D eigenvalue weighted by atomic mass is 127. The lowest BCUT2D eigenvalue weighted by molar-refractivity contribution is -0.114. The van der Waals surface area contributed by atoms with Crippen molar-refractivity contribution in [2.24, 2.45) is 4.99 Å². The van der Waals surface area contributed by atoms with E-state index in [1.165, 1.54) is 30.3 Å². The van der Waals surface area contributed by atoms with Crippen LogP contribution in [-0.4, -0.2) is 36.9 Å². The third kappa shape index (κ3) is 7.90. The lowest BCUT2D eigenvalue weighted by atomic mass is 10.2. The zero-order chi connectivity index (χ0) is 18.9. The van der Waals surface area contributed by atoms with E-state index < -0.39 is 5.82 Å². The van der Waals surface area contributed by atoms with Gasteiger partial charge in [-0.2, -0.15) is 0 Å². The topological polar surface area (TPSA) is 56.7 Å². The normalized spacial score (nSPS) is 10.7. The molecular formula is C19H23F2IN4O. The van der Waals surface area contributed by atoms with Gasteiger partial charge in [-0.3, -0.25) is 4.79 Å². The van der Waals surface area contributed by atoms with Gasteiger partial charge in [0.2, 0.25) is 5.91 Å². The van der Waals surface area contributed by atoms with Gasteiger partial charge in [-0.25, -0.2) is 13.8 Å². The zero-order valence-electron chi connectivity index (χ0n) is 15.2. The SMILES string of the molecule is CCNC(=NCC(=O)Nc1cccc(F)c1)N(C)Cc1ccc(F)cc1.I. The fourth-order valence-electron chi connectivity index (χ4n) is 2.32. The summed E-state index contributed by atoms with van der Waals surface area (Å²) in [6, 6.07) is 11.9. The molecule has 0 atom stereocenters. The van der Waals surface area contributed by atoms with Gasteiger partial charge in [0.25, 0.3) is 0 Å². The van der Waals surface area contributed by atoms with Crippen molar-refractivity contribution < 1.29 is 13.6 Å². The second kappa shape index (κ2) is 11.5. The predicted octanol–water partition coefficient (Wildman–Crippen LogP) is 3.62. The van der Waals surface area contributed by atoms with E-state index in [1.807, 2.05) is 18.9 Å². The Morgan fingerprint density at radius 2 is 1.81 bits per heavy atom.